The zero-order valence-electron chi connectivity index (χ0n) is 16.9. The van der Waals surface area contributed by atoms with Gasteiger partial charge in [0.2, 0.25) is 15.9 Å². The van der Waals surface area contributed by atoms with Gasteiger partial charge in [-0.3, -0.25) is 4.79 Å². The highest BCUT2D eigenvalue weighted by molar-refractivity contribution is 7.89. The Bertz CT molecular complexity index is 1120. The number of sulfonamides is 1. The first kappa shape index (κ1) is 22.5. The molecule has 0 unspecified atom stereocenters. The molecule has 0 saturated heterocycles. The lowest BCUT2D eigenvalue weighted by Crippen LogP contribution is -2.45. The van der Waals surface area contributed by atoms with Gasteiger partial charge < -0.3 is 10.1 Å². The zero-order valence-corrected chi connectivity index (χ0v) is 17.7. The van der Waals surface area contributed by atoms with E-state index in [1.54, 1.807) is 36.4 Å². The Morgan fingerprint density at radius 2 is 1.61 bits per heavy atom. The topological polar surface area (TPSA) is 84.5 Å². The molecule has 0 saturated carbocycles. The number of halogens is 1. The van der Waals surface area contributed by atoms with Crippen molar-refractivity contribution in [1.82, 2.24) is 4.72 Å². The Morgan fingerprint density at radius 3 is 2.29 bits per heavy atom. The number of nitrogens with one attached hydrogen (secondary N) is 2. The molecule has 0 aliphatic heterocycles. The summed E-state index contributed by atoms with van der Waals surface area (Å²) in [5.41, 5.74) is 1.22. The van der Waals surface area contributed by atoms with Crippen LogP contribution in [0.3, 0.4) is 0 Å². The van der Waals surface area contributed by atoms with Gasteiger partial charge >= 0.3 is 0 Å². The molecule has 0 spiro atoms. The predicted molar refractivity (Wildman–Crippen MR) is 117 cm³/mol. The molecule has 2 N–H and O–H groups in total. The van der Waals surface area contributed by atoms with Gasteiger partial charge in [-0.25, -0.2) is 12.8 Å². The number of carbonyl (C=O) groups excluding carboxylic acids is 1. The summed E-state index contributed by atoms with van der Waals surface area (Å²) in [7, 11) is -4.06. The highest BCUT2D eigenvalue weighted by Crippen LogP contribution is 2.24. The molecule has 31 heavy (non-hydrogen) atoms. The van der Waals surface area contributed by atoms with Crippen LogP contribution in [0.25, 0.3) is 0 Å². The molecular weight excluding hydrogens is 419 g/mol. The van der Waals surface area contributed by atoms with Crippen LogP contribution in [0.15, 0.2) is 83.8 Å². The highest BCUT2D eigenvalue weighted by Gasteiger charge is 2.27. The Morgan fingerprint density at radius 1 is 0.968 bits per heavy atom. The van der Waals surface area contributed by atoms with Crippen molar-refractivity contribution in [3.63, 3.8) is 0 Å². The summed E-state index contributed by atoms with van der Waals surface area (Å²) >= 11 is 0. The molecule has 0 radical (unpaired) electrons. The summed E-state index contributed by atoms with van der Waals surface area (Å²) < 4.78 is 46.8. The van der Waals surface area contributed by atoms with E-state index in [0.717, 1.165) is 29.8 Å². The third kappa shape index (κ3) is 6.13. The average molecular weight is 443 g/mol. The lowest BCUT2D eigenvalue weighted by Gasteiger charge is -2.20. The second kappa shape index (κ2) is 10.2. The van der Waals surface area contributed by atoms with Crippen molar-refractivity contribution in [3.8, 4) is 5.75 Å². The van der Waals surface area contributed by atoms with Gasteiger partial charge in [0.05, 0.1) is 17.2 Å². The van der Waals surface area contributed by atoms with Crippen molar-refractivity contribution >= 4 is 21.6 Å². The molecule has 6 nitrogen and oxygen atoms in total. The molecule has 0 aliphatic carbocycles. The Hall–Kier alpha value is -3.23. The third-order valence-corrected chi connectivity index (χ3v) is 5.95. The van der Waals surface area contributed by atoms with Crippen LogP contribution in [-0.2, 0) is 21.2 Å². The maximum atomic E-state index is 13.2. The highest BCUT2D eigenvalue weighted by atomic mass is 32.2. The second-order valence-electron chi connectivity index (χ2n) is 6.74. The first-order chi connectivity index (χ1) is 14.9. The second-order valence-corrected chi connectivity index (χ2v) is 8.45. The molecular formula is C23H23FN2O4S. The molecule has 0 bridgehead atoms. The lowest BCUT2D eigenvalue weighted by molar-refractivity contribution is -0.117. The van der Waals surface area contributed by atoms with Gasteiger partial charge in [-0.1, -0.05) is 42.5 Å². The van der Waals surface area contributed by atoms with Crippen LogP contribution in [0, 0.1) is 5.82 Å². The molecule has 3 aromatic rings. The van der Waals surface area contributed by atoms with Crippen LogP contribution < -0.4 is 14.8 Å². The van der Waals surface area contributed by atoms with E-state index in [9.17, 15) is 17.6 Å². The summed E-state index contributed by atoms with van der Waals surface area (Å²) in [5, 5.41) is 2.75. The summed E-state index contributed by atoms with van der Waals surface area (Å²) in [6.45, 7) is 2.24. The van der Waals surface area contributed by atoms with Gasteiger partial charge in [0.1, 0.15) is 17.6 Å². The number of para-hydroxylation sites is 2. The van der Waals surface area contributed by atoms with Crippen LogP contribution in [0.1, 0.15) is 12.5 Å². The largest absolute Gasteiger partial charge is 0.492 e. The molecule has 3 rings (SSSR count). The molecule has 0 aromatic heterocycles. The summed E-state index contributed by atoms with van der Waals surface area (Å²) in [6.07, 6.45) is 0.129. The smallest absolute Gasteiger partial charge is 0.243 e. The molecule has 0 heterocycles. The van der Waals surface area contributed by atoms with Crippen LogP contribution in [-0.4, -0.2) is 27.0 Å². The van der Waals surface area contributed by atoms with Gasteiger partial charge in [0, 0.05) is 0 Å². The minimum absolute atomic E-state index is 0.129. The number of benzene rings is 3. The van der Waals surface area contributed by atoms with E-state index >= 15 is 0 Å². The van der Waals surface area contributed by atoms with Gasteiger partial charge in [0.25, 0.3) is 0 Å². The molecule has 3 aromatic carbocycles. The van der Waals surface area contributed by atoms with Crippen LogP contribution in [0.5, 0.6) is 5.75 Å². The lowest BCUT2D eigenvalue weighted by atomic mass is 10.1. The van der Waals surface area contributed by atoms with Crippen LogP contribution in [0.2, 0.25) is 0 Å². The van der Waals surface area contributed by atoms with E-state index in [4.69, 9.17) is 4.74 Å². The molecule has 1 amide bonds. The van der Waals surface area contributed by atoms with Crippen molar-refractivity contribution in [1.29, 1.82) is 0 Å². The van der Waals surface area contributed by atoms with E-state index in [1.165, 1.54) is 0 Å². The number of amides is 1. The number of hydrogen-bond acceptors (Lipinski definition) is 4. The summed E-state index contributed by atoms with van der Waals surface area (Å²) in [6, 6.07) is 19.3. The number of rotatable bonds is 9. The SMILES string of the molecule is CCOc1ccccc1NC(=O)[C@H](Cc1ccccc1)NS(=O)(=O)c1ccc(F)cc1. The fraction of sp³-hybridized carbons (Fsp3) is 0.174. The Labute approximate surface area is 181 Å². The van der Waals surface area contributed by atoms with E-state index < -0.39 is 27.8 Å². The normalized spacial score (nSPS) is 12.2. The number of ether oxygens (including phenoxy) is 1. The van der Waals surface area contributed by atoms with Crippen molar-refractivity contribution in [2.75, 3.05) is 11.9 Å². The van der Waals surface area contributed by atoms with Crippen LogP contribution >= 0.6 is 0 Å². The monoisotopic (exact) mass is 442 g/mol. The molecule has 0 aliphatic rings. The van der Waals surface area contributed by atoms with Gasteiger partial charge in [-0.15, -0.1) is 0 Å². The fourth-order valence-electron chi connectivity index (χ4n) is 2.98. The van der Waals surface area contributed by atoms with Gasteiger partial charge in [-0.2, -0.15) is 4.72 Å². The van der Waals surface area contributed by atoms with Crippen molar-refractivity contribution in [2.24, 2.45) is 0 Å². The maximum Gasteiger partial charge on any atom is 0.243 e. The van der Waals surface area contributed by atoms with Crippen LogP contribution in [0.4, 0.5) is 10.1 Å². The van der Waals surface area contributed by atoms with E-state index in [-0.39, 0.29) is 11.3 Å². The third-order valence-electron chi connectivity index (χ3n) is 4.47. The Kier molecular flexibility index (Phi) is 7.38. The number of anilines is 1. The van der Waals surface area contributed by atoms with E-state index in [2.05, 4.69) is 10.0 Å². The van der Waals surface area contributed by atoms with Gasteiger partial charge in [0.15, 0.2) is 0 Å². The molecule has 1 atom stereocenters. The maximum absolute atomic E-state index is 13.2. The number of hydrogen-bond donors (Lipinski definition) is 2. The Balaban J connectivity index is 1.87. The number of carbonyl (C=O) groups is 1. The van der Waals surface area contributed by atoms with E-state index in [0.29, 0.717) is 18.0 Å². The predicted octanol–water partition coefficient (Wildman–Crippen LogP) is 3.75. The molecule has 0 fully saturated rings. The van der Waals surface area contributed by atoms with Crippen molar-refractivity contribution < 1.29 is 22.3 Å². The first-order valence-electron chi connectivity index (χ1n) is 9.73. The molecule has 8 heteroatoms. The zero-order chi connectivity index (χ0) is 22.3. The fourth-order valence-corrected chi connectivity index (χ4v) is 4.17. The van der Waals surface area contributed by atoms with Crippen molar-refractivity contribution in [2.45, 2.75) is 24.3 Å². The minimum atomic E-state index is -4.06. The van der Waals surface area contributed by atoms with Crippen molar-refractivity contribution in [3.05, 3.63) is 90.2 Å². The quantitative estimate of drug-likeness (QED) is 0.529. The summed E-state index contributed by atoms with van der Waals surface area (Å²) in [5.74, 6) is -0.607. The van der Waals surface area contributed by atoms with Gasteiger partial charge in [-0.05, 0) is 55.3 Å². The summed E-state index contributed by atoms with van der Waals surface area (Å²) in [4.78, 5) is 13.0. The minimum Gasteiger partial charge on any atom is -0.492 e. The average Bonchev–Trinajstić information content (AvgIpc) is 2.76. The standard InChI is InChI=1S/C23H23FN2O4S/c1-2-30-22-11-7-6-10-20(22)25-23(27)21(16-17-8-4-3-5-9-17)26-31(28,29)19-14-12-18(24)13-15-19/h3-15,21,26H,2,16H2,1H3,(H,25,27)/t21-/m0/s1. The van der Waals surface area contributed by atoms with E-state index in [1.807, 2.05) is 25.1 Å². The molecule has 162 valence electrons. The first-order valence-corrected chi connectivity index (χ1v) is 11.2.